The molecule has 0 spiro atoms. The van der Waals surface area contributed by atoms with Gasteiger partial charge in [0, 0.05) is 49.5 Å². The van der Waals surface area contributed by atoms with Gasteiger partial charge in [-0.2, -0.15) is 0 Å². The highest BCUT2D eigenvalue weighted by molar-refractivity contribution is 5.95. The third-order valence-electron chi connectivity index (χ3n) is 11.7. The van der Waals surface area contributed by atoms with Crippen molar-refractivity contribution in [1.29, 1.82) is 0 Å². The summed E-state index contributed by atoms with van der Waals surface area (Å²) in [5, 5.41) is 11.5. The summed E-state index contributed by atoms with van der Waals surface area (Å²) < 4.78 is 66.2. The van der Waals surface area contributed by atoms with Gasteiger partial charge in [-0.05, 0) is 43.5 Å². The van der Waals surface area contributed by atoms with Crippen LogP contribution < -0.4 is 26.2 Å². The Balaban J connectivity index is 0.762. The first kappa shape index (κ1) is 63.7. The van der Waals surface area contributed by atoms with E-state index in [1.54, 1.807) is 4.90 Å². The van der Waals surface area contributed by atoms with E-state index in [0.717, 1.165) is 48.1 Å². The molecule has 1 saturated heterocycles. The normalized spacial score (nSPS) is 14.7. The van der Waals surface area contributed by atoms with E-state index in [0.29, 0.717) is 171 Å². The van der Waals surface area contributed by atoms with Gasteiger partial charge < -0.3 is 83.0 Å². The van der Waals surface area contributed by atoms with Gasteiger partial charge in [0.1, 0.15) is 0 Å². The molecule has 426 valence electrons. The number of hydrogen-bond acceptors (Lipinski definition) is 16. The predicted molar refractivity (Wildman–Crippen MR) is 283 cm³/mol. The van der Waals surface area contributed by atoms with Crippen LogP contribution in [0, 0.1) is 11.8 Å². The Hall–Kier alpha value is -4.80. The number of carbonyl (C=O) groups excluding carboxylic acids is 4. The molecular formula is C55H85N5O16. The fourth-order valence-electron chi connectivity index (χ4n) is 7.57. The van der Waals surface area contributed by atoms with Gasteiger partial charge in [0.15, 0.2) is 0 Å². The smallest absolute Gasteiger partial charge is 0.315 e. The van der Waals surface area contributed by atoms with Crippen molar-refractivity contribution >= 4 is 29.4 Å². The van der Waals surface area contributed by atoms with Crippen LogP contribution in [0.5, 0.6) is 0 Å². The highest BCUT2D eigenvalue weighted by atomic mass is 16.6. The van der Waals surface area contributed by atoms with E-state index >= 15 is 0 Å². The maximum atomic E-state index is 13.3. The molecule has 2 aromatic carbocycles. The fourth-order valence-corrected chi connectivity index (χ4v) is 7.57. The van der Waals surface area contributed by atoms with E-state index in [2.05, 4.69) is 33.1 Å². The van der Waals surface area contributed by atoms with Gasteiger partial charge in [0.25, 0.3) is 0 Å². The molecule has 2 aromatic rings. The van der Waals surface area contributed by atoms with Gasteiger partial charge in [-0.15, -0.1) is 0 Å². The molecule has 21 nitrogen and oxygen atoms in total. The molecule has 0 aromatic heterocycles. The van der Waals surface area contributed by atoms with E-state index < -0.39 is 0 Å². The Labute approximate surface area is 449 Å². The van der Waals surface area contributed by atoms with Gasteiger partial charge in [0.05, 0.1) is 177 Å². The second-order valence-corrected chi connectivity index (χ2v) is 17.6. The molecule has 0 bridgehead atoms. The lowest BCUT2D eigenvalue weighted by molar-refractivity contribution is -0.123. The summed E-state index contributed by atoms with van der Waals surface area (Å²) >= 11 is 0. The molecule has 0 radical (unpaired) electrons. The number of urea groups is 1. The number of ether oxygens (including phenoxy) is 12. The van der Waals surface area contributed by atoms with Gasteiger partial charge >= 0.3 is 6.03 Å². The summed E-state index contributed by atoms with van der Waals surface area (Å²) in [5.41, 5.74) is 3.45. The van der Waals surface area contributed by atoms with Crippen molar-refractivity contribution in [1.82, 2.24) is 21.3 Å². The minimum absolute atomic E-state index is 0.0282. The minimum Gasteiger partial charge on any atom is -0.379 e. The molecule has 21 heteroatoms. The summed E-state index contributed by atoms with van der Waals surface area (Å²) in [6.45, 7) is 13.7. The van der Waals surface area contributed by atoms with Crippen LogP contribution in [-0.2, 0) is 77.8 Å². The number of fused-ring (bicyclic) bond motifs is 2. The van der Waals surface area contributed by atoms with Crippen molar-refractivity contribution < 1.29 is 76.0 Å². The first-order valence-corrected chi connectivity index (χ1v) is 26.9. The zero-order valence-corrected chi connectivity index (χ0v) is 44.8. The molecule has 2 heterocycles. The maximum absolute atomic E-state index is 13.3. The Bertz CT molecular complexity index is 1940. The molecule has 0 unspecified atom stereocenters. The zero-order chi connectivity index (χ0) is 53.8. The summed E-state index contributed by atoms with van der Waals surface area (Å²) in [6.07, 6.45) is 4.53. The van der Waals surface area contributed by atoms with Crippen molar-refractivity contribution in [3.05, 3.63) is 65.2 Å². The monoisotopic (exact) mass is 1070 g/mol. The zero-order valence-electron chi connectivity index (χ0n) is 44.8. The van der Waals surface area contributed by atoms with Crippen LogP contribution in [-0.4, -0.2) is 207 Å². The quantitative estimate of drug-likeness (QED) is 0.0551. The average Bonchev–Trinajstić information content (AvgIpc) is 3.74. The van der Waals surface area contributed by atoms with Crippen LogP contribution in [0.1, 0.15) is 68.6 Å². The third kappa shape index (κ3) is 30.8. The Morgan fingerprint density at radius 2 is 0.908 bits per heavy atom. The van der Waals surface area contributed by atoms with E-state index in [-0.39, 0.29) is 61.8 Å². The number of carbonyl (C=O) groups is 4. The van der Waals surface area contributed by atoms with Crippen LogP contribution >= 0.6 is 0 Å². The van der Waals surface area contributed by atoms with Crippen LogP contribution in [0.2, 0.25) is 0 Å². The molecule has 5 amide bonds. The van der Waals surface area contributed by atoms with E-state index in [1.165, 1.54) is 0 Å². The molecular weight excluding hydrogens is 987 g/mol. The summed E-state index contributed by atoms with van der Waals surface area (Å²) in [4.78, 5) is 50.7. The van der Waals surface area contributed by atoms with Crippen LogP contribution in [0.15, 0.2) is 48.5 Å². The standard InChI is InChI=1S/C55H85N5O16/c1-46-50(59-55(64)58-46)12-3-2-4-14-52(61)57-20-22-66-24-26-68-28-30-70-32-34-72-36-38-74-40-42-76-44-43-75-41-39-73-37-35-71-33-31-69-29-27-67-25-23-65-21-18-53(62)56-19-17-54(63)60-45-49-11-6-5-9-47(49)15-16-48-10-7-8-13-51(48)60/h5-11,13,46,50H,2-4,12,14,17-45H2,1H3,(H,56,62)(H,57,61)(H2,58,59,64)/t46-,50+/m0/s1. The third-order valence-corrected chi connectivity index (χ3v) is 11.7. The van der Waals surface area contributed by atoms with Crippen molar-refractivity contribution in [3.8, 4) is 11.8 Å². The molecule has 0 aliphatic carbocycles. The fraction of sp³-hybridized carbons (Fsp3) is 0.673. The van der Waals surface area contributed by atoms with Crippen LogP contribution in [0.25, 0.3) is 0 Å². The number of unbranched alkanes of at least 4 members (excludes halogenated alkanes) is 2. The molecule has 4 rings (SSSR count). The second kappa shape index (κ2) is 43.2. The predicted octanol–water partition coefficient (Wildman–Crippen LogP) is 3.17. The first-order chi connectivity index (χ1) is 37.4. The minimum atomic E-state index is -0.178. The van der Waals surface area contributed by atoms with Gasteiger partial charge in [-0.3, -0.25) is 14.4 Å². The lowest BCUT2D eigenvalue weighted by atomic mass is 10.0. The average molecular weight is 1070 g/mol. The number of nitrogens with one attached hydrogen (secondary N) is 4. The Morgan fingerprint density at radius 1 is 0.487 bits per heavy atom. The first-order valence-electron chi connectivity index (χ1n) is 26.9. The largest absolute Gasteiger partial charge is 0.379 e. The van der Waals surface area contributed by atoms with Gasteiger partial charge in [-0.1, -0.05) is 55.0 Å². The maximum Gasteiger partial charge on any atom is 0.315 e. The van der Waals surface area contributed by atoms with Gasteiger partial charge in [-0.25, -0.2) is 4.79 Å². The molecule has 2 aliphatic rings. The van der Waals surface area contributed by atoms with Crippen LogP contribution in [0.4, 0.5) is 10.5 Å². The number of rotatable bonds is 48. The lowest BCUT2D eigenvalue weighted by Gasteiger charge is -2.26. The number of anilines is 1. The van der Waals surface area contributed by atoms with Gasteiger partial charge in [0.2, 0.25) is 17.7 Å². The number of hydrogen-bond donors (Lipinski definition) is 4. The van der Waals surface area contributed by atoms with Crippen LogP contribution in [0.3, 0.4) is 0 Å². The van der Waals surface area contributed by atoms with E-state index in [9.17, 15) is 19.2 Å². The summed E-state index contributed by atoms with van der Waals surface area (Å²) in [6, 6.07) is 15.7. The van der Waals surface area contributed by atoms with Crippen molar-refractivity contribution in [2.75, 3.05) is 177 Å². The molecule has 2 atom stereocenters. The summed E-state index contributed by atoms with van der Waals surface area (Å²) in [5.74, 6) is 6.18. The number of para-hydroxylation sites is 1. The molecule has 0 saturated carbocycles. The molecule has 76 heavy (non-hydrogen) atoms. The van der Waals surface area contributed by atoms with E-state index in [4.69, 9.17) is 56.8 Å². The SMILES string of the molecule is C[C@@H]1NC(=O)N[C@@H]1CCCCCC(=O)NCCOCCOCCOCCOCCOCCOCCOCCOCCOCCOCCOCCOCCC(=O)NCCC(=O)N1Cc2ccccc2C#Cc2ccccc21. The van der Waals surface area contributed by atoms with Crippen molar-refractivity contribution in [3.63, 3.8) is 0 Å². The topological polar surface area (TPSA) is 230 Å². The highest BCUT2D eigenvalue weighted by Gasteiger charge is 2.27. The second-order valence-electron chi connectivity index (χ2n) is 17.6. The summed E-state index contributed by atoms with van der Waals surface area (Å²) in [7, 11) is 0. The number of amides is 5. The highest BCUT2D eigenvalue weighted by Crippen LogP contribution is 2.26. The van der Waals surface area contributed by atoms with Crippen molar-refractivity contribution in [2.45, 2.75) is 70.5 Å². The molecule has 1 fully saturated rings. The molecule has 4 N–H and O–H groups in total. The van der Waals surface area contributed by atoms with Crippen molar-refractivity contribution in [2.24, 2.45) is 0 Å². The lowest BCUT2D eigenvalue weighted by Crippen LogP contribution is -2.35. The Morgan fingerprint density at radius 3 is 1.41 bits per heavy atom. The van der Waals surface area contributed by atoms with E-state index in [1.807, 2.05) is 55.5 Å². The number of benzene rings is 2. The molecule has 2 aliphatic heterocycles. The number of nitrogens with zero attached hydrogens (tertiary/aromatic N) is 1. The Kier molecular flexibility index (Phi) is 36.2.